The van der Waals surface area contributed by atoms with Crippen molar-refractivity contribution in [2.75, 3.05) is 6.54 Å². The average molecular weight is 316 g/mol. The highest BCUT2D eigenvalue weighted by Crippen LogP contribution is 2.20. The molecule has 4 heteroatoms. The molecular formula is C14H22BrNO2. The molecule has 0 bridgehead atoms. The number of alkyl halides is 1. The van der Waals surface area contributed by atoms with Crippen LogP contribution in [0.3, 0.4) is 0 Å². The first kappa shape index (κ1) is 15.3. The van der Waals surface area contributed by atoms with Gasteiger partial charge < -0.3 is 9.73 Å². The average Bonchev–Trinajstić information content (AvgIpc) is 2.49. The Morgan fingerprint density at radius 1 is 1.28 bits per heavy atom. The predicted molar refractivity (Wildman–Crippen MR) is 77.4 cm³/mol. The molecule has 1 amide bonds. The number of halogens is 1. The molecule has 0 spiro atoms. The van der Waals surface area contributed by atoms with Crippen molar-refractivity contribution in [3.63, 3.8) is 0 Å². The number of rotatable bonds is 5. The predicted octanol–water partition coefficient (Wildman–Crippen LogP) is 3.74. The van der Waals surface area contributed by atoms with Crippen molar-refractivity contribution in [2.45, 2.75) is 45.9 Å². The van der Waals surface area contributed by atoms with E-state index in [0.29, 0.717) is 28.6 Å². The van der Waals surface area contributed by atoms with E-state index < -0.39 is 0 Å². The fraction of sp³-hybridized carbons (Fsp3) is 0.643. The third kappa shape index (κ3) is 3.87. The zero-order chi connectivity index (χ0) is 13.9. The molecule has 102 valence electrons. The highest BCUT2D eigenvalue weighted by Gasteiger charge is 2.19. The van der Waals surface area contributed by atoms with Crippen molar-refractivity contribution in [1.29, 1.82) is 0 Å². The molecule has 3 nitrogen and oxygen atoms in total. The molecule has 1 atom stereocenters. The lowest BCUT2D eigenvalue weighted by atomic mass is 10.1. The van der Waals surface area contributed by atoms with E-state index in [2.05, 4.69) is 35.1 Å². The monoisotopic (exact) mass is 315 g/mol. The lowest BCUT2D eigenvalue weighted by Gasteiger charge is -2.13. The Balaban J connectivity index is 2.61. The summed E-state index contributed by atoms with van der Waals surface area (Å²) >= 11 is 3.58. The fourth-order valence-corrected chi connectivity index (χ4v) is 2.92. The van der Waals surface area contributed by atoms with Gasteiger partial charge in [-0.05, 0) is 33.1 Å². The largest absolute Gasteiger partial charge is 0.466 e. The highest BCUT2D eigenvalue weighted by atomic mass is 79.9. The molecule has 0 saturated carbocycles. The molecule has 0 aliphatic heterocycles. The summed E-state index contributed by atoms with van der Waals surface area (Å²) in [6, 6.07) is 0. The smallest absolute Gasteiger partial charge is 0.255 e. The molecule has 1 rings (SSSR count). The van der Waals surface area contributed by atoms with Crippen LogP contribution in [-0.2, 0) is 0 Å². The summed E-state index contributed by atoms with van der Waals surface area (Å²) in [4.78, 5) is 12.4. The third-order valence-corrected chi connectivity index (χ3v) is 3.70. The number of hydrogen-bond donors (Lipinski definition) is 1. The molecule has 1 aromatic heterocycles. The van der Waals surface area contributed by atoms with Gasteiger partial charge in [0.1, 0.15) is 11.5 Å². The van der Waals surface area contributed by atoms with Gasteiger partial charge in [-0.1, -0.05) is 29.8 Å². The lowest BCUT2D eigenvalue weighted by Crippen LogP contribution is -2.30. The fourth-order valence-electron chi connectivity index (χ4n) is 2.01. The third-order valence-electron chi connectivity index (χ3n) is 3.00. The summed E-state index contributed by atoms with van der Waals surface area (Å²) in [5, 5.41) is 2.95. The highest BCUT2D eigenvalue weighted by molar-refractivity contribution is 9.09. The molecule has 0 aliphatic rings. The van der Waals surface area contributed by atoms with E-state index >= 15 is 0 Å². The first-order valence-electron chi connectivity index (χ1n) is 6.31. The maximum absolute atomic E-state index is 12.1. The number of furan rings is 1. The lowest BCUT2D eigenvalue weighted by molar-refractivity contribution is 0.0951. The van der Waals surface area contributed by atoms with Gasteiger partial charge in [0.2, 0.25) is 0 Å². The number of carbonyl (C=O) groups excluding carboxylic acids is 1. The molecule has 0 saturated heterocycles. The minimum atomic E-state index is -0.0462. The first-order valence-corrected chi connectivity index (χ1v) is 7.23. The SMILES string of the molecule is Cc1oc(C)c(C(=O)NCC(Br)CC(C)C)c1C. The molecule has 1 heterocycles. The summed E-state index contributed by atoms with van der Waals surface area (Å²) < 4.78 is 5.47. The zero-order valence-electron chi connectivity index (χ0n) is 11.8. The Morgan fingerprint density at radius 3 is 2.33 bits per heavy atom. The van der Waals surface area contributed by atoms with Crippen molar-refractivity contribution >= 4 is 21.8 Å². The van der Waals surface area contributed by atoms with Crippen LogP contribution < -0.4 is 5.32 Å². The second kappa shape index (κ2) is 6.41. The maximum Gasteiger partial charge on any atom is 0.255 e. The van der Waals surface area contributed by atoms with Crippen LogP contribution in [0.25, 0.3) is 0 Å². The zero-order valence-corrected chi connectivity index (χ0v) is 13.3. The number of aryl methyl sites for hydroxylation is 2. The molecular weight excluding hydrogens is 294 g/mol. The summed E-state index contributed by atoms with van der Waals surface area (Å²) in [5.74, 6) is 2.08. The van der Waals surface area contributed by atoms with Gasteiger partial charge in [0.05, 0.1) is 5.56 Å². The van der Waals surface area contributed by atoms with E-state index in [1.807, 2.05) is 20.8 Å². The number of hydrogen-bond acceptors (Lipinski definition) is 2. The molecule has 1 N–H and O–H groups in total. The Kier molecular flexibility index (Phi) is 5.45. The van der Waals surface area contributed by atoms with Gasteiger partial charge in [-0.25, -0.2) is 0 Å². The second-order valence-corrected chi connectivity index (χ2v) is 6.45. The van der Waals surface area contributed by atoms with Gasteiger partial charge in [0, 0.05) is 16.9 Å². The minimum absolute atomic E-state index is 0.0462. The standard InChI is InChI=1S/C14H22BrNO2/c1-8(2)6-12(15)7-16-14(17)13-9(3)10(4)18-11(13)5/h8,12H,6-7H2,1-5H3,(H,16,17). The normalized spacial score (nSPS) is 12.8. The molecule has 1 aromatic rings. The van der Waals surface area contributed by atoms with Gasteiger partial charge in [-0.3, -0.25) is 4.79 Å². The van der Waals surface area contributed by atoms with Crippen molar-refractivity contribution < 1.29 is 9.21 Å². The van der Waals surface area contributed by atoms with Gasteiger partial charge >= 0.3 is 0 Å². The van der Waals surface area contributed by atoms with Crippen molar-refractivity contribution in [2.24, 2.45) is 5.92 Å². The molecule has 1 unspecified atom stereocenters. The Hall–Kier alpha value is -0.770. The van der Waals surface area contributed by atoms with E-state index in [1.165, 1.54) is 0 Å². The molecule has 0 fully saturated rings. The second-order valence-electron chi connectivity index (χ2n) is 5.15. The van der Waals surface area contributed by atoms with E-state index in [0.717, 1.165) is 17.7 Å². The van der Waals surface area contributed by atoms with Crippen molar-refractivity contribution in [3.8, 4) is 0 Å². The van der Waals surface area contributed by atoms with Gasteiger partial charge in [0.15, 0.2) is 0 Å². The van der Waals surface area contributed by atoms with Gasteiger partial charge in [-0.15, -0.1) is 0 Å². The Morgan fingerprint density at radius 2 is 1.89 bits per heavy atom. The maximum atomic E-state index is 12.1. The summed E-state index contributed by atoms with van der Waals surface area (Å²) in [6.45, 7) is 10.6. The molecule has 0 radical (unpaired) electrons. The van der Waals surface area contributed by atoms with E-state index in [4.69, 9.17) is 4.42 Å². The number of nitrogens with one attached hydrogen (secondary N) is 1. The molecule has 0 aromatic carbocycles. The Labute approximate surface area is 117 Å². The van der Waals surface area contributed by atoms with Crippen LogP contribution in [-0.4, -0.2) is 17.3 Å². The van der Waals surface area contributed by atoms with Crippen LogP contribution >= 0.6 is 15.9 Å². The quantitative estimate of drug-likeness (QED) is 0.841. The van der Waals surface area contributed by atoms with Crippen molar-refractivity contribution in [1.82, 2.24) is 5.32 Å². The van der Waals surface area contributed by atoms with Gasteiger partial charge in [0.25, 0.3) is 5.91 Å². The first-order chi connectivity index (χ1) is 8.32. The summed E-state index contributed by atoms with van der Waals surface area (Å²) in [7, 11) is 0. The molecule has 18 heavy (non-hydrogen) atoms. The summed E-state index contributed by atoms with van der Waals surface area (Å²) in [6.07, 6.45) is 1.04. The van der Waals surface area contributed by atoms with E-state index in [-0.39, 0.29) is 5.91 Å². The Bertz CT molecular complexity index is 424. The van der Waals surface area contributed by atoms with Crippen LogP contribution in [0.5, 0.6) is 0 Å². The van der Waals surface area contributed by atoms with Crippen LogP contribution in [0, 0.1) is 26.7 Å². The van der Waals surface area contributed by atoms with Crippen LogP contribution in [0.4, 0.5) is 0 Å². The van der Waals surface area contributed by atoms with Crippen LogP contribution in [0.1, 0.15) is 47.7 Å². The van der Waals surface area contributed by atoms with Crippen LogP contribution in [0.2, 0.25) is 0 Å². The van der Waals surface area contributed by atoms with Crippen molar-refractivity contribution in [3.05, 3.63) is 22.6 Å². The topological polar surface area (TPSA) is 42.2 Å². The van der Waals surface area contributed by atoms with Crippen LogP contribution in [0.15, 0.2) is 4.42 Å². The van der Waals surface area contributed by atoms with Gasteiger partial charge in [-0.2, -0.15) is 0 Å². The molecule has 0 aliphatic carbocycles. The minimum Gasteiger partial charge on any atom is -0.466 e. The number of amides is 1. The number of carbonyl (C=O) groups is 1. The summed E-state index contributed by atoms with van der Waals surface area (Å²) in [5.41, 5.74) is 1.61. The van der Waals surface area contributed by atoms with E-state index in [9.17, 15) is 4.79 Å². The van der Waals surface area contributed by atoms with E-state index in [1.54, 1.807) is 0 Å².